The molecule has 1 saturated heterocycles. The molecule has 7 heteroatoms. The fraction of sp³-hybridized carbons (Fsp3) is 0.316. The van der Waals surface area contributed by atoms with Crippen LogP contribution in [-0.2, 0) is 6.54 Å². The van der Waals surface area contributed by atoms with Crippen molar-refractivity contribution in [3.05, 3.63) is 59.0 Å². The minimum absolute atomic E-state index is 0.191. The van der Waals surface area contributed by atoms with E-state index in [1.54, 1.807) is 23.0 Å². The molecule has 0 unspecified atom stereocenters. The predicted molar refractivity (Wildman–Crippen MR) is 102 cm³/mol. The van der Waals surface area contributed by atoms with Gasteiger partial charge < -0.3 is 10.2 Å². The third-order valence-corrected chi connectivity index (χ3v) is 5.04. The van der Waals surface area contributed by atoms with Crippen LogP contribution in [0.15, 0.2) is 42.9 Å². The van der Waals surface area contributed by atoms with Crippen molar-refractivity contribution in [2.24, 2.45) is 0 Å². The van der Waals surface area contributed by atoms with Crippen LogP contribution in [0.25, 0.3) is 5.65 Å². The first kappa shape index (κ1) is 16.8. The Morgan fingerprint density at radius 2 is 2.08 bits per heavy atom. The zero-order valence-electron chi connectivity index (χ0n) is 14.4. The van der Waals surface area contributed by atoms with Gasteiger partial charge in [0.25, 0.3) is 5.91 Å². The molecule has 4 rings (SSSR count). The molecule has 3 aromatic rings. The van der Waals surface area contributed by atoms with Gasteiger partial charge in [0.05, 0.1) is 16.8 Å². The number of hydrogen-bond acceptors (Lipinski definition) is 4. The van der Waals surface area contributed by atoms with E-state index in [9.17, 15) is 4.79 Å². The van der Waals surface area contributed by atoms with Crippen LogP contribution < -0.4 is 10.2 Å². The van der Waals surface area contributed by atoms with Crippen molar-refractivity contribution in [1.82, 2.24) is 19.9 Å². The molecule has 0 spiro atoms. The van der Waals surface area contributed by atoms with Crippen molar-refractivity contribution in [3.63, 3.8) is 0 Å². The second-order valence-electron chi connectivity index (χ2n) is 6.45. The smallest absolute Gasteiger partial charge is 0.253 e. The Hall–Kier alpha value is -2.60. The molecule has 0 saturated carbocycles. The van der Waals surface area contributed by atoms with Crippen LogP contribution in [0.2, 0.25) is 5.02 Å². The molecule has 1 aliphatic heterocycles. The number of carbonyl (C=O) groups excluding carboxylic acids is 1. The predicted octanol–water partition coefficient (Wildman–Crippen LogP) is 3.30. The van der Waals surface area contributed by atoms with E-state index in [1.807, 2.05) is 24.4 Å². The summed E-state index contributed by atoms with van der Waals surface area (Å²) in [6.45, 7) is 2.40. The Labute approximate surface area is 156 Å². The van der Waals surface area contributed by atoms with Gasteiger partial charge in [-0.25, -0.2) is 9.50 Å². The number of hydrogen-bond donors (Lipinski definition) is 1. The van der Waals surface area contributed by atoms with E-state index >= 15 is 0 Å². The monoisotopic (exact) mass is 369 g/mol. The molecule has 1 aliphatic rings. The highest BCUT2D eigenvalue weighted by atomic mass is 35.5. The van der Waals surface area contributed by atoms with E-state index in [1.165, 1.54) is 19.3 Å². The average Bonchev–Trinajstić information content (AvgIpc) is 3.10. The highest BCUT2D eigenvalue weighted by Crippen LogP contribution is 2.25. The molecule has 134 valence electrons. The fourth-order valence-corrected chi connectivity index (χ4v) is 3.51. The summed E-state index contributed by atoms with van der Waals surface area (Å²) in [6.07, 6.45) is 8.89. The maximum atomic E-state index is 12.7. The van der Waals surface area contributed by atoms with Crippen molar-refractivity contribution >= 4 is 28.8 Å². The molecule has 1 fully saturated rings. The van der Waals surface area contributed by atoms with Gasteiger partial charge in [-0.05, 0) is 43.5 Å². The van der Waals surface area contributed by atoms with Crippen molar-refractivity contribution in [2.75, 3.05) is 18.0 Å². The van der Waals surface area contributed by atoms with Gasteiger partial charge in [0, 0.05) is 43.3 Å². The van der Waals surface area contributed by atoms with E-state index < -0.39 is 0 Å². The summed E-state index contributed by atoms with van der Waals surface area (Å²) in [7, 11) is 0. The van der Waals surface area contributed by atoms with Gasteiger partial charge in [-0.2, -0.15) is 5.10 Å². The fourth-order valence-electron chi connectivity index (χ4n) is 3.31. The van der Waals surface area contributed by atoms with Crippen molar-refractivity contribution in [1.29, 1.82) is 0 Å². The molecular formula is C19H20ClN5O. The lowest BCUT2D eigenvalue weighted by Gasteiger charge is -2.29. The van der Waals surface area contributed by atoms with Gasteiger partial charge in [0.1, 0.15) is 0 Å². The van der Waals surface area contributed by atoms with Crippen LogP contribution in [0.5, 0.6) is 0 Å². The topological polar surface area (TPSA) is 62.5 Å². The standard InChI is InChI=1S/C19H20ClN5O/c20-17-6-5-15(24-8-2-1-3-9-24)11-16(17)19(26)22-12-14-13-23-25-10-4-7-21-18(14)25/h4-7,10-11,13H,1-3,8-9,12H2,(H,22,26). The summed E-state index contributed by atoms with van der Waals surface area (Å²) in [5, 5.41) is 7.62. The van der Waals surface area contributed by atoms with Gasteiger partial charge in [-0.15, -0.1) is 0 Å². The summed E-state index contributed by atoms with van der Waals surface area (Å²) < 4.78 is 1.69. The van der Waals surface area contributed by atoms with E-state index in [4.69, 9.17) is 11.6 Å². The van der Waals surface area contributed by atoms with Crippen LogP contribution in [0, 0.1) is 0 Å². The van der Waals surface area contributed by atoms with E-state index in [0.717, 1.165) is 30.0 Å². The summed E-state index contributed by atoms with van der Waals surface area (Å²) in [6, 6.07) is 7.49. The first-order chi connectivity index (χ1) is 12.7. The van der Waals surface area contributed by atoms with Crippen LogP contribution in [-0.4, -0.2) is 33.6 Å². The number of anilines is 1. The highest BCUT2D eigenvalue weighted by Gasteiger charge is 2.16. The maximum absolute atomic E-state index is 12.7. The zero-order chi connectivity index (χ0) is 17.9. The lowest BCUT2D eigenvalue weighted by Crippen LogP contribution is -2.30. The number of amides is 1. The van der Waals surface area contributed by atoms with Gasteiger partial charge in [0.15, 0.2) is 5.65 Å². The van der Waals surface area contributed by atoms with Gasteiger partial charge >= 0.3 is 0 Å². The molecule has 1 amide bonds. The summed E-state index contributed by atoms with van der Waals surface area (Å²) >= 11 is 6.28. The number of nitrogens with one attached hydrogen (secondary N) is 1. The van der Waals surface area contributed by atoms with Crippen LogP contribution >= 0.6 is 11.6 Å². The molecule has 1 aromatic carbocycles. The summed E-state index contributed by atoms with van der Waals surface area (Å²) in [5.74, 6) is -0.191. The minimum Gasteiger partial charge on any atom is -0.372 e. The van der Waals surface area contributed by atoms with Crippen LogP contribution in [0.1, 0.15) is 35.2 Å². The number of benzene rings is 1. The maximum Gasteiger partial charge on any atom is 0.253 e. The van der Waals surface area contributed by atoms with Crippen molar-refractivity contribution in [3.8, 4) is 0 Å². The first-order valence-electron chi connectivity index (χ1n) is 8.82. The van der Waals surface area contributed by atoms with Gasteiger partial charge in [-0.3, -0.25) is 4.79 Å². The quantitative estimate of drug-likeness (QED) is 0.766. The normalized spacial score (nSPS) is 14.6. The van der Waals surface area contributed by atoms with E-state index in [-0.39, 0.29) is 5.91 Å². The molecule has 26 heavy (non-hydrogen) atoms. The number of nitrogens with zero attached hydrogens (tertiary/aromatic N) is 4. The van der Waals surface area contributed by atoms with Crippen molar-refractivity contribution in [2.45, 2.75) is 25.8 Å². The zero-order valence-corrected chi connectivity index (χ0v) is 15.1. The lowest BCUT2D eigenvalue weighted by atomic mass is 10.1. The Bertz CT molecular complexity index is 933. The van der Waals surface area contributed by atoms with Crippen LogP contribution in [0.4, 0.5) is 5.69 Å². The SMILES string of the molecule is O=C(NCc1cnn2cccnc12)c1cc(N2CCCCC2)ccc1Cl. The second kappa shape index (κ2) is 7.33. The molecule has 6 nitrogen and oxygen atoms in total. The third kappa shape index (κ3) is 3.37. The van der Waals surface area contributed by atoms with Gasteiger partial charge in [-0.1, -0.05) is 11.6 Å². The number of piperidine rings is 1. The third-order valence-electron chi connectivity index (χ3n) is 4.71. The number of rotatable bonds is 4. The summed E-state index contributed by atoms with van der Waals surface area (Å²) in [5.41, 5.74) is 3.15. The van der Waals surface area contributed by atoms with E-state index in [2.05, 4.69) is 20.3 Å². The largest absolute Gasteiger partial charge is 0.372 e. The Morgan fingerprint density at radius 1 is 1.23 bits per heavy atom. The molecule has 0 bridgehead atoms. The second-order valence-corrected chi connectivity index (χ2v) is 6.86. The number of aromatic nitrogens is 3. The average molecular weight is 370 g/mol. The van der Waals surface area contributed by atoms with Gasteiger partial charge in [0.2, 0.25) is 0 Å². The molecule has 0 radical (unpaired) electrons. The van der Waals surface area contributed by atoms with Crippen LogP contribution in [0.3, 0.4) is 0 Å². The van der Waals surface area contributed by atoms with Crippen molar-refractivity contribution < 1.29 is 4.79 Å². The molecule has 0 aliphatic carbocycles. The summed E-state index contributed by atoms with van der Waals surface area (Å²) in [4.78, 5) is 19.3. The molecule has 1 N–H and O–H groups in total. The minimum atomic E-state index is -0.191. The Morgan fingerprint density at radius 3 is 2.92 bits per heavy atom. The lowest BCUT2D eigenvalue weighted by molar-refractivity contribution is 0.0951. The molecule has 2 aromatic heterocycles. The first-order valence-corrected chi connectivity index (χ1v) is 9.20. The Kier molecular flexibility index (Phi) is 4.75. The van der Waals surface area contributed by atoms with E-state index in [0.29, 0.717) is 17.1 Å². The molecular weight excluding hydrogens is 350 g/mol. The molecule has 0 atom stereocenters. The number of halogens is 1. The number of carbonyl (C=O) groups is 1. The highest BCUT2D eigenvalue weighted by molar-refractivity contribution is 6.34. The Balaban J connectivity index is 1.50. The number of fused-ring (bicyclic) bond motifs is 1. The molecule has 3 heterocycles.